The number of likely N-dealkylation sites (tertiary alicyclic amines) is 1. The molecule has 3 rings (SSSR count). The monoisotopic (exact) mass is 366 g/mol. The zero-order valence-corrected chi connectivity index (χ0v) is 14.5. The number of methoxy groups -OCH3 is 1. The van der Waals surface area contributed by atoms with E-state index in [0.29, 0.717) is 18.0 Å². The molecule has 25 heavy (non-hydrogen) atoms. The third kappa shape index (κ3) is 3.04. The number of ether oxygens (including phenoxy) is 1. The standard InChI is InChI=1S/C17H19ClN2O5/c1-25-14(21)12-5-4-11(18)7-13(12)19-16(24)20-8-10-3-2-6-17(10,9-20)15(22)23/h4-5,7,10H,2-3,6,8-9H2,1H3,(H,19,24)(H,22,23)/t10-,17+/m0/s1. The van der Waals surface area contributed by atoms with Gasteiger partial charge in [-0.25, -0.2) is 9.59 Å². The van der Waals surface area contributed by atoms with Gasteiger partial charge in [0.2, 0.25) is 0 Å². The number of nitrogens with one attached hydrogen (secondary N) is 1. The first-order valence-electron chi connectivity index (χ1n) is 8.04. The van der Waals surface area contributed by atoms with E-state index in [1.165, 1.54) is 30.2 Å². The highest BCUT2D eigenvalue weighted by Gasteiger charge is 2.55. The van der Waals surface area contributed by atoms with E-state index < -0.39 is 23.4 Å². The summed E-state index contributed by atoms with van der Waals surface area (Å²) in [5.74, 6) is -1.47. The van der Waals surface area contributed by atoms with Gasteiger partial charge in [0.1, 0.15) is 0 Å². The molecule has 0 aromatic heterocycles. The predicted molar refractivity (Wildman–Crippen MR) is 90.8 cm³/mol. The topological polar surface area (TPSA) is 95.9 Å². The first-order valence-corrected chi connectivity index (χ1v) is 8.42. The lowest BCUT2D eigenvalue weighted by atomic mass is 9.81. The van der Waals surface area contributed by atoms with Crippen molar-refractivity contribution in [1.82, 2.24) is 4.90 Å². The second-order valence-electron chi connectivity index (χ2n) is 6.54. The molecule has 2 aliphatic rings. The van der Waals surface area contributed by atoms with E-state index in [1.807, 2.05) is 0 Å². The first-order chi connectivity index (χ1) is 11.9. The molecule has 8 heteroatoms. The number of esters is 1. The lowest BCUT2D eigenvalue weighted by molar-refractivity contribution is -0.149. The van der Waals surface area contributed by atoms with Crippen molar-refractivity contribution in [3.05, 3.63) is 28.8 Å². The van der Waals surface area contributed by atoms with Crippen LogP contribution in [0.4, 0.5) is 10.5 Å². The molecule has 2 fully saturated rings. The SMILES string of the molecule is COC(=O)c1ccc(Cl)cc1NC(=O)N1C[C@@H]2CCC[C@@]2(C(=O)O)C1. The van der Waals surface area contributed by atoms with E-state index in [2.05, 4.69) is 5.32 Å². The van der Waals surface area contributed by atoms with Crippen LogP contribution in [0.25, 0.3) is 0 Å². The van der Waals surface area contributed by atoms with Gasteiger partial charge in [-0.2, -0.15) is 0 Å². The summed E-state index contributed by atoms with van der Waals surface area (Å²) in [6.45, 7) is 0.569. The molecule has 134 valence electrons. The van der Waals surface area contributed by atoms with E-state index in [0.717, 1.165) is 12.8 Å². The minimum atomic E-state index is -0.850. The van der Waals surface area contributed by atoms with Gasteiger partial charge in [-0.3, -0.25) is 4.79 Å². The van der Waals surface area contributed by atoms with Crippen LogP contribution in [0.1, 0.15) is 29.6 Å². The molecule has 2 N–H and O–H groups in total. The van der Waals surface area contributed by atoms with Crippen LogP contribution in [0, 0.1) is 11.3 Å². The Balaban J connectivity index is 1.79. The largest absolute Gasteiger partial charge is 0.481 e. The van der Waals surface area contributed by atoms with Gasteiger partial charge in [0.25, 0.3) is 0 Å². The van der Waals surface area contributed by atoms with Crippen LogP contribution < -0.4 is 5.32 Å². The van der Waals surface area contributed by atoms with Crippen LogP contribution in [-0.4, -0.2) is 48.2 Å². The van der Waals surface area contributed by atoms with Crippen LogP contribution in [-0.2, 0) is 9.53 Å². The molecule has 1 aromatic carbocycles. The second kappa shape index (κ2) is 6.55. The summed E-state index contributed by atoms with van der Waals surface area (Å²) in [6.07, 6.45) is 2.26. The maximum absolute atomic E-state index is 12.6. The Kier molecular flexibility index (Phi) is 4.60. The normalized spacial score (nSPS) is 24.7. The van der Waals surface area contributed by atoms with Crippen molar-refractivity contribution in [2.75, 3.05) is 25.5 Å². The summed E-state index contributed by atoms with van der Waals surface area (Å²) < 4.78 is 4.71. The Bertz CT molecular complexity index is 738. The average molecular weight is 367 g/mol. The number of carbonyl (C=O) groups is 3. The van der Waals surface area contributed by atoms with E-state index in [9.17, 15) is 19.5 Å². The second-order valence-corrected chi connectivity index (χ2v) is 6.98. The summed E-state index contributed by atoms with van der Waals surface area (Å²) >= 11 is 5.95. The fourth-order valence-electron chi connectivity index (χ4n) is 3.90. The van der Waals surface area contributed by atoms with Crippen LogP contribution >= 0.6 is 11.6 Å². The molecule has 1 heterocycles. The van der Waals surface area contributed by atoms with Gasteiger partial charge in [-0.15, -0.1) is 0 Å². The molecule has 0 unspecified atom stereocenters. The molecule has 1 saturated carbocycles. The summed E-state index contributed by atoms with van der Waals surface area (Å²) in [5.41, 5.74) is -0.421. The van der Waals surface area contributed by atoms with Crippen molar-refractivity contribution in [3.8, 4) is 0 Å². The molecule has 0 bridgehead atoms. The lowest BCUT2D eigenvalue weighted by Crippen LogP contribution is -2.38. The lowest BCUT2D eigenvalue weighted by Gasteiger charge is -2.23. The van der Waals surface area contributed by atoms with Crippen molar-refractivity contribution >= 4 is 35.3 Å². The summed E-state index contributed by atoms with van der Waals surface area (Å²) in [4.78, 5) is 37.7. The van der Waals surface area contributed by atoms with Crippen molar-refractivity contribution in [3.63, 3.8) is 0 Å². The van der Waals surface area contributed by atoms with E-state index in [4.69, 9.17) is 16.3 Å². The van der Waals surface area contributed by atoms with Crippen LogP contribution in [0.2, 0.25) is 5.02 Å². The highest BCUT2D eigenvalue weighted by molar-refractivity contribution is 6.31. The zero-order valence-electron chi connectivity index (χ0n) is 13.8. The number of amides is 2. The van der Waals surface area contributed by atoms with Gasteiger partial charge in [-0.05, 0) is 37.0 Å². The molecule has 0 spiro atoms. The number of nitrogens with zero attached hydrogens (tertiary/aromatic N) is 1. The van der Waals surface area contributed by atoms with Gasteiger partial charge >= 0.3 is 18.0 Å². The molecule has 7 nitrogen and oxygen atoms in total. The number of hydrogen-bond donors (Lipinski definition) is 2. The average Bonchev–Trinajstić information content (AvgIpc) is 3.12. The molecule has 0 radical (unpaired) electrons. The Morgan fingerprint density at radius 2 is 2.16 bits per heavy atom. The number of aliphatic carboxylic acids is 1. The summed E-state index contributed by atoms with van der Waals surface area (Å²) in [7, 11) is 1.25. The third-order valence-corrected chi connectivity index (χ3v) is 5.45. The number of fused-ring (bicyclic) bond motifs is 1. The Labute approximate surface area is 149 Å². The van der Waals surface area contributed by atoms with Gasteiger partial charge in [0, 0.05) is 18.1 Å². The van der Waals surface area contributed by atoms with Crippen LogP contribution in [0.5, 0.6) is 0 Å². The smallest absolute Gasteiger partial charge is 0.339 e. The third-order valence-electron chi connectivity index (χ3n) is 5.21. The van der Waals surface area contributed by atoms with Gasteiger partial charge < -0.3 is 20.1 Å². The number of halogens is 1. The number of urea groups is 1. The van der Waals surface area contributed by atoms with Crippen LogP contribution in [0.3, 0.4) is 0 Å². The molecular weight excluding hydrogens is 348 g/mol. The number of anilines is 1. The molecule has 1 aliphatic carbocycles. The quantitative estimate of drug-likeness (QED) is 0.802. The minimum absolute atomic E-state index is 0.0322. The Morgan fingerprint density at radius 1 is 1.40 bits per heavy atom. The fraction of sp³-hybridized carbons (Fsp3) is 0.471. The van der Waals surface area contributed by atoms with E-state index in [1.54, 1.807) is 0 Å². The molecule has 1 aliphatic heterocycles. The number of rotatable bonds is 3. The number of carbonyl (C=O) groups excluding carboxylic acids is 2. The summed E-state index contributed by atoms with van der Waals surface area (Å²) in [6, 6.07) is 4.03. The van der Waals surface area contributed by atoms with E-state index >= 15 is 0 Å². The number of hydrogen-bond acceptors (Lipinski definition) is 4. The predicted octanol–water partition coefficient (Wildman–Crippen LogP) is 2.85. The molecular formula is C17H19ClN2O5. The first kappa shape index (κ1) is 17.5. The van der Waals surface area contributed by atoms with Gasteiger partial charge in [0.05, 0.1) is 23.8 Å². The molecule has 1 aromatic rings. The molecule has 2 amide bonds. The van der Waals surface area contributed by atoms with Gasteiger partial charge in [0.15, 0.2) is 0 Å². The van der Waals surface area contributed by atoms with Crippen LogP contribution in [0.15, 0.2) is 18.2 Å². The highest BCUT2D eigenvalue weighted by Crippen LogP contribution is 2.49. The van der Waals surface area contributed by atoms with Crippen molar-refractivity contribution in [2.45, 2.75) is 19.3 Å². The number of carboxylic acid groups (broad SMARTS) is 1. The molecule has 1 saturated heterocycles. The number of carboxylic acids is 1. The van der Waals surface area contributed by atoms with Crippen molar-refractivity contribution < 1.29 is 24.2 Å². The minimum Gasteiger partial charge on any atom is -0.481 e. The Morgan fingerprint density at radius 3 is 2.80 bits per heavy atom. The van der Waals surface area contributed by atoms with Crippen molar-refractivity contribution in [2.24, 2.45) is 11.3 Å². The van der Waals surface area contributed by atoms with Gasteiger partial charge in [-0.1, -0.05) is 18.0 Å². The number of benzene rings is 1. The maximum Gasteiger partial charge on any atom is 0.339 e. The fourth-order valence-corrected chi connectivity index (χ4v) is 4.07. The summed E-state index contributed by atoms with van der Waals surface area (Å²) in [5, 5.41) is 12.6. The maximum atomic E-state index is 12.6. The molecule has 2 atom stereocenters. The van der Waals surface area contributed by atoms with E-state index in [-0.39, 0.29) is 23.7 Å². The zero-order chi connectivity index (χ0) is 18.2. The van der Waals surface area contributed by atoms with Crippen molar-refractivity contribution in [1.29, 1.82) is 0 Å². The Hall–Kier alpha value is -2.28. The highest BCUT2D eigenvalue weighted by atomic mass is 35.5.